The number of pyridine rings is 1. The lowest BCUT2D eigenvalue weighted by molar-refractivity contribution is -0.117. The molecule has 0 bridgehead atoms. The van der Waals surface area contributed by atoms with Gasteiger partial charge in [0.1, 0.15) is 11.6 Å². The Kier molecular flexibility index (Phi) is 5.57. The van der Waals surface area contributed by atoms with E-state index >= 15 is 0 Å². The molecule has 1 N–H and O–H groups in total. The van der Waals surface area contributed by atoms with Crippen molar-refractivity contribution in [3.05, 3.63) is 66.0 Å². The van der Waals surface area contributed by atoms with E-state index in [1.165, 1.54) is 5.56 Å². The van der Waals surface area contributed by atoms with Crippen molar-refractivity contribution in [1.29, 1.82) is 0 Å². The molecule has 1 saturated heterocycles. The molecule has 1 fully saturated rings. The van der Waals surface area contributed by atoms with Crippen LogP contribution in [0.1, 0.15) is 11.3 Å². The Morgan fingerprint density at radius 2 is 1.79 bits per heavy atom. The van der Waals surface area contributed by atoms with E-state index < -0.39 is 0 Å². The first-order valence-corrected chi connectivity index (χ1v) is 9.90. The topological polar surface area (TPSA) is 66.3 Å². The van der Waals surface area contributed by atoms with Crippen LogP contribution in [0.3, 0.4) is 0 Å². The second-order valence-corrected chi connectivity index (χ2v) is 7.42. The highest BCUT2D eigenvalue weighted by atomic mass is 16.2. The number of hydrogen-bond donors (Lipinski definition) is 1. The van der Waals surface area contributed by atoms with E-state index in [-0.39, 0.29) is 5.91 Å². The molecule has 2 aromatic heterocycles. The third-order valence-electron chi connectivity index (χ3n) is 5.09. The standard InChI is InChI=1S/C22H26N6O/c1-17-6-8-19(9-7-17)28-21(15-18(2)25-28)24-22(29)16-26-11-13-27(14-12-26)20-5-3-4-10-23-20/h3-10,15H,11-14,16H2,1-2H3,(H,24,29). The maximum atomic E-state index is 12.7. The van der Waals surface area contributed by atoms with Gasteiger partial charge >= 0.3 is 0 Å². The average molecular weight is 390 g/mol. The van der Waals surface area contributed by atoms with E-state index in [9.17, 15) is 4.79 Å². The second kappa shape index (κ2) is 8.45. The molecular formula is C22H26N6O. The highest BCUT2D eigenvalue weighted by molar-refractivity contribution is 5.91. The summed E-state index contributed by atoms with van der Waals surface area (Å²) in [6.45, 7) is 7.75. The van der Waals surface area contributed by atoms with Crippen LogP contribution >= 0.6 is 0 Å². The van der Waals surface area contributed by atoms with Crippen molar-refractivity contribution in [2.24, 2.45) is 0 Å². The first-order chi connectivity index (χ1) is 14.1. The number of anilines is 2. The number of carbonyl (C=O) groups is 1. The summed E-state index contributed by atoms with van der Waals surface area (Å²) < 4.78 is 1.78. The molecular weight excluding hydrogens is 364 g/mol. The van der Waals surface area contributed by atoms with Crippen LogP contribution in [0.2, 0.25) is 0 Å². The van der Waals surface area contributed by atoms with Crippen molar-refractivity contribution in [2.75, 3.05) is 42.9 Å². The molecule has 4 rings (SSSR count). The number of aryl methyl sites for hydroxylation is 2. The van der Waals surface area contributed by atoms with Crippen molar-refractivity contribution in [1.82, 2.24) is 19.7 Å². The maximum Gasteiger partial charge on any atom is 0.239 e. The van der Waals surface area contributed by atoms with Gasteiger partial charge in [-0.1, -0.05) is 23.8 Å². The van der Waals surface area contributed by atoms with Gasteiger partial charge in [0.05, 0.1) is 17.9 Å². The van der Waals surface area contributed by atoms with Gasteiger partial charge in [-0.2, -0.15) is 5.10 Å². The van der Waals surface area contributed by atoms with Crippen molar-refractivity contribution in [2.45, 2.75) is 13.8 Å². The molecule has 1 aliphatic heterocycles. The molecule has 0 radical (unpaired) electrons. The molecule has 7 nitrogen and oxygen atoms in total. The van der Waals surface area contributed by atoms with Crippen LogP contribution in [0.5, 0.6) is 0 Å². The van der Waals surface area contributed by atoms with Crippen LogP contribution in [0.15, 0.2) is 54.7 Å². The summed E-state index contributed by atoms with van der Waals surface area (Å²) >= 11 is 0. The van der Waals surface area contributed by atoms with Gasteiger partial charge in [0.25, 0.3) is 0 Å². The molecule has 3 aromatic rings. The SMILES string of the molecule is Cc1ccc(-n2nc(C)cc2NC(=O)CN2CCN(c3ccccn3)CC2)cc1. The number of aromatic nitrogens is 3. The Labute approximate surface area is 171 Å². The van der Waals surface area contributed by atoms with E-state index in [4.69, 9.17) is 0 Å². The van der Waals surface area contributed by atoms with Gasteiger partial charge in [0.2, 0.25) is 5.91 Å². The zero-order valence-electron chi connectivity index (χ0n) is 16.9. The Morgan fingerprint density at radius 3 is 2.48 bits per heavy atom. The van der Waals surface area contributed by atoms with Gasteiger partial charge in [0, 0.05) is 38.4 Å². The minimum Gasteiger partial charge on any atom is -0.354 e. The monoisotopic (exact) mass is 390 g/mol. The predicted octanol–water partition coefficient (Wildman–Crippen LogP) is 2.64. The van der Waals surface area contributed by atoms with Crippen LogP contribution in [0, 0.1) is 13.8 Å². The molecule has 1 amide bonds. The molecule has 29 heavy (non-hydrogen) atoms. The molecule has 7 heteroatoms. The maximum absolute atomic E-state index is 12.7. The first-order valence-electron chi connectivity index (χ1n) is 9.90. The summed E-state index contributed by atoms with van der Waals surface area (Å²) in [4.78, 5) is 21.5. The molecule has 1 aliphatic rings. The molecule has 0 unspecified atom stereocenters. The minimum absolute atomic E-state index is 0.0236. The lowest BCUT2D eigenvalue weighted by atomic mass is 10.2. The zero-order valence-corrected chi connectivity index (χ0v) is 16.9. The highest BCUT2D eigenvalue weighted by Gasteiger charge is 2.20. The van der Waals surface area contributed by atoms with Crippen LogP contribution < -0.4 is 10.2 Å². The quantitative estimate of drug-likeness (QED) is 0.726. The Bertz CT molecular complexity index is 959. The van der Waals surface area contributed by atoms with E-state index in [0.717, 1.165) is 43.4 Å². The van der Waals surface area contributed by atoms with Gasteiger partial charge in [-0.25, -0.2) is 9.67 Å². The number of nitrogens with zero attached hydrogens (tertiary/aromatic N) is 5. The van der Waals surface area contributed by atoms with Crippen molar-refractivity contribution < 1.29 is 4.79 Å². The van der Waals surface area contributed by atoms with Crippen LogP contribution in [-0.2, 0) is 4.79 Å². The van der Waals surface area contributed by atoms with Gasteiger partial charge in [0.15, 0.2) is 0 Å². The van der Waals surface area contributed by atoms with Crippen molar-refractivity contribution in [3.63, 3.8) is 0 Å². The fourth-order valence-corrected chi connectivity index (χ4v) is 3.53. The van der Waals surface area contributed by atoms with Crippen molar-refractivity contribution in [3.8, 4) is 5.69 Å². The fraction of sp³-hybridized carbons (Fsp3) is 0.318. The van der Waals surface area contributed by atoms with Crippen molar-refractivity contribution >= 4 is 17.5 Å². The van der Waals surface area contributed by atoms with Crippen LogP contribution in [0.4, 0.5) is 11.6 Å². The summed E-state index contributed by atoms with van der Waals surface area (Å²) in [5.74, 6) is 1.67. The minimum atomic E-state index is -0.0236. The normalized spacial score (nSPS) is 14.8. The number of amides is 1. The average Bonchev–Trinajstić information content (AvgIpc) is 3.09. The summed E-state index contributed by atoms with van der Waals surface area (Å²) in [6.07, 6.45) is 1.81. The smallest absolute Gasteiger partial charge is 0.239 e. The molecule has 0 atom stereocenters. The highest BCUT2D eigenvalue weighted by Crippen LogP contribution is 2.18. The van der Waals surface area contributed by atoms with Gasteiger partial charge in [-0.3, -0.25) is 9.69 Å². The Hall–Kier alpha value is -3.19. The second-order valence-electron chi connectivity index (χ2n) is 7.42. The molecule has 0 saturated carbocycles. The van der Waals surface area contributed by atoms with Gasteiger partial charge in [-0.15, -0.1) is 0 Å². The number of piperazine rings is 1. The lowest BCUT2D eigenvalue weighted by Gasteiger charge is -2.34. The fourth-order valence-electron chi connectivity index (χ4n) is 3.53. The summed E-state index contributed by atoms with van der Waals surface area (Å²) in [6, 6.07) is 15.9. The molecule has 0 aliphatic carbocycles. The van der Waals surface area contributed by atoms with Gasteiger partial charge in [-0.05, 0) is 38.1 Å². The largest absolute Gasteiger partial charge is 0.354 e. The third kappa shape index (κ3) is 4.63. The molecule has 150 valence electrons. The number of benzene rings is 1. The third-order valence-corrected chi connectivity index (χ3v) is 5.09. The summed E-state index contributed by atoms with van der Waals surface area (Å²) in [5.41, 5.74) is 2.99. The van der Waals surface area contributed by atoms with Gasteiger partial charge < -0.3 is 10.2 Å². The number of rotatable bonds is 5. The van der Waals surface area contributed by atoms with Crippen LogP contribution in [0.25, 0.3) is 5.69 Å². The molecule has 3 heterocycles. The zero-order chi connectivity index (χ0) is 20.2. The summed E-state index contributed by atoms with van der Waals surface area (Å²) in [7, 11) is 0. The van der Waals surface area contributed by atoms with E-state index in [1.807, 2.05) is 61.7 Å². The number of hydrogen-bond acceptors (Lipinski definition) is 5. The number of nitrogens with one attached hydrogen (secondary N) is 1. The molecule has 1 aromatic carbocycles. The van der Waals surface area contributed by atoms with Crippen LogP contribution in [-0.4, -0.2) is 58.3 Å². The van der Waals surface area contributed by atoms with E-state index in [0.29, 0.717) is 12.4 Å². The Morgan fingerprint density at radius 1 is 1.03 bits per heavy atom. The molecule has 0 spiro atoms. The summed E-state index contributed by atoms with van der Waals surface area (Å²) in [5, 5.41) is 7.56. The number of carbonyl (C=O) groups excluding carboxylic acids is 1. The van der Waals surface area contributed by atoms with E-state index in [1.54, 1.807) is 4.68 Å². The van der Waals surface area contributed by atoms with E-state index in [2.05, 4.69) is 32.1 Å². The predicted molar refractivity (Wildman–Crippen MR) is 115 cm³/mol. The Balaban J connectivity index is 1.35. The lowest BCUT2D eigenvalue weighted by Crippen LogP contribution is -2.49. The first kappa shape index (κ1) is 19.1.